The second-order valence-corrected chi connectivity index (χ2v) is 9.70. The minimum absolute atomic E-state index is 0.274. The molecule has 1 aromatic carbocycles. The molecule has 3 aromatic rings. The molecule has 0 spiro atoms. The molecule has 4 saturated carbocycles. The third-order valence-electron chi connectivity index (χ3n) is 8.07. The van der Waals surface area contributed by atoms with Gasteiger partial charge in [-0.2, -0.15) is 0 Å². The SMILES string of the molecule is COc1cc(-c2cnc3nc(C4C5CC6CC(C5)C(N)C4C6)ncc3n2)cc(OC)c1OC. The minimum Gasteiger partial charge on any atom is -0.493 e. The maximum atomic E-state index is 6.65. The fourth-order valence-corrected chi connectivity index (χ4v) is 6.73. The largest absolute Gasteiger partial charge is 0.493 e. The average Bonchev–Trinajstić information content (AvgIpc) is 2.85. The molecule has 7 rings (SSSR count). The standard InChI is InChI=1S/C25H29N5O3/c1-31-19-8-13(9-20(32-2)23(19)33-3)17-10-27-24-18(29-17)11-28-25(30-24)21-14-4-12-5-15(7-14)22(26)16(21)6-12/h8-12,14-16,21-22H,4-7,26H2,1-3H3. The molecule has 0 aliphatic heterocycles. The Balaban J connectivity index is 1.35. The molecule has 6 unspecified atom stereocenters. The number of ether oxygens (including phenoxy) is 3. The Hall–Kier alpha value is -3.00. The van der Waals surface area contributed by atoms with Gasteiger partial charge in [-0.25, -0.2) is 19.9 Å². The lowest BCUT2D eigenvalue weighted by atomic mass is 9.50. The molecule has 4 fully saturated rings. The molecule has 4 aliphatic carbocycles. The lowest BCUT2D eigenvalue weighted by Crippen LogP contribution is -2.56. The zero-order chi connectivity index (χ0) is 22.7. The maximum Gasteiger partial charge on any atom is 0.203 e. The van der Waals surface area contributed by atoms with Crippen LogP contribution in [-0.4, -0.2) is 47.3 Å². The summed E-state index contributed by atoms with van der Waals surface area (Å²) in [5.74, 6) is 5.58. The Morgan fingerprint density at radius 2 is 1.61 bits per heavy atom. The van der Waals surface area contributed by atoms with Gasteiger partial charge in [0, 0.05) is 17.5 Å². The van der Waals surface area contributed by atoms with E-state index in [4.69, 9.17) is 34.9 Å². The molecule has 0 radical (unpaired) electrons. The van der Waals surface area contributed by atoms with Crippen LogP contribution in [0.4, 0.5) is 0 Å². The first kappa shape index (κ1) is 20.6. The Morgan fingerprint density at radius 3 is 2.33 bits per heavy atom. The molecule has 33 heavy (non-hydrogen) atoms. The van der Waals surface area contributed by atoms with E-state index in [2.05, 4.69) is 4.98 Å². The van der Waals surface area contributed by atoms with E-state index in [0.29, 0.717) is 57.8 Å². The Kier molecular flexibility index (Phi) is 4.87. The van der Waals surface area contributed by atoms with Crippen LogP contribution in [0.15, 0.2) is 24.5 Å². The van der Waals surface area contributed by atoms with Crippen LogP contribution in [-0.2, 0) is 0 Å². The van der Waals surface area contributed by atoms with Crippen molar-refractivity contribution in [2.45, 2.75) is 37.6 Å². The van der Waals surface area contributed by atoms with Gasteiger partial charge in [0.1, 0.15) is 11.3 Å². The van der Waals surface area contributed by atoms with Gasteiger partial charge in [-0.1, -0.05) is 0 Å². The minimum atomic E-state index is 0.274. The summed E-state index contributed by atoms with van der Waals surface area (Å²) in [6, 6.07) is 4.00. The molecule has 4 bridgehead atoms. The molecule has 0 amide bonds. The fraction of sp³-hybridized carbons (Fsp3) is 0.520. The van der Waals surface area contributed by atoms with Gasteiger partial charge in [0.05, 0.1) is 39.4 Å². The molecule has 4 aliphatic rings. The van der Waals surface area contributed by atoms with Crippen LogP contribution in [0.2, 0.25) is 0 Å². The molecule has 2 aromatic heterocycles. The number of rotatable bonds is 5. The molecule has 6 atom stereocenters. The van der Waals surface area contributed by atoms with E-state index in [-0.39, 0.29) is 6.04 Å². The van der Waals surface area contributed by atoms with Crippen molar-refractivity contribution in [2.75, 3.05) is 21.3 Å². The van der Waals surface area contributed by atoms with Crippen molar-refractivity contribution in [3.05, 3.63) is 30.4 Å². The lowest BCUT2D eigenvalue weighted by molar-refractivity contribution is -0.0236. The average molecular weight is 448 g/mol. The quantitative estimate of drug-likeness (QED) is 0.633. The van der Waals surface area contributed by atoms with Gasteiger partial charge in [-0.05, 0) is 61.5 Å². The lowest BCUT2D eigenvalue weighted by Gasteiger charge is -2.56. The van der Waals surface area contributed by atoms with Gasteiger partial charge in [0.2, 0.25) is 5.75 Å². The maximum absolute atomic E-state index is 6.65. The number of nitrogens with two attached hydrogens (primary N) is 1. The third-order valence-corrected chi connectivity index (χ3v) is 8.07. The van der Waals surface area contributed by atoms with E-state index in [1.807, 2.05) is 18.3 Å². The van der Waals surface area contributed by atoms with Crippen LogP contribution < -0.4 is 19.9 Å². The number of nitrogens with zero attached hydrogens (tertiary/aromatic N) is 4. The number of aromatic nitrogens is 4. The van der Waals surface area contributed by atoms with E-state index < -0.39 is 0 Å². The van der Waals surface area contributed by atoms with E-state index in [0.717, 1.165) is 17.3 Å². The molecule has 172 valence electrons. The van der Waals surface area contributed by atoms with E-state index in [9.17, 15) is 0 Å². The highest BCUT2D eigenvalue weighted by Crippen LogP contribution is 2.58. The highest BCUT2D eigenvalue weighted by atomic mass is 16.5. The van der Waals surface area contributed by atoms with E-state index >= 15 is 0 Å². The predicted octanol–water partition coefficient (Wildman–Crippen LogP) is 3.59. The fourth-order valence-electron chi connectivity index (χ4n) is 6.73. The summed E-state index contributed by atoms with van der Waals surface area (Å²) >= 11 is 0. The first-order valence-electron chi connectivity index (χ1n) is 11.6. The van der Waals surface area contributed by atoms with Gasteiger partial charge in [-0.3, -0.25) is 0 Å². The normalized spacial score (nSPS) is 29.9. The van der Waals surface area contributed by atoms with Crippen LogP contribution in [0.3, 0.4) is 0 Å². The number of methoxy groups -OCH3 is 3. The number of hydrogen-bond donors (Lipinski definition) is 1. The topological polar surface area (TPSA) is 105 Å². The monoisotopic (exact) mass is 447 g/mol. The molecular formula is C25H29N5O3. The summed E-state index contributed by atoms with van der Waals surface area (Å²) in [6.45, 7) is 0. The first-order chi connectivity index (χ1) is 16.1. The molecule has 8 heteroatoms. The Bertz CT molecular complexity index is 1190. The molecule has 0 saturated heterocycles. The summed E-state index contributed by atoms with van der Waals surface area (Å²) in [4.78, 5) is 19.1. The van der Waals surface area contributed by atoms with Crippen LogP contribution in [0.5, 0.6) is 17.2 Å². The second kappa shape index (κ2) is 7.80. The summed E-state index contributed by atoms with van der Waals surface area (Å²) in [7, 11) is 4.78. The van der Waals surface area contributed by atoms with Crippen molar-refractivity contribution in [3.63, 3.8) is 0 Å². The van der Waals surface area contributed by atoms with Crippen LogP contribution in [0.25, 0.3) is 22.4 Å². The molecular weight excluding hydrogens is 418 g/mol. The number of fused-ring (bicyclic) bond motifs is 1. The summed E-state index contributed by atoms with van der Waals surface area (Å²) in [6.07, 6.45) is 8.58. The number of hydrogen-bond acceptors (Lipinski definition) is 8. The molecule has 2 heterocycles. The zero-order valence-corrected chi connectivity index (χ0v) is 19.2. The van der Waals surface area contributed by atoms with Crippen molar-refractivity contribution < 1.29 is 14.2 Å². The van der Waals surface area contributed by atoms with E-state index in [1.165, 1.54) is 25.7 Å². The van der Waals surface area contributed by atoms with Gasteiger partial charge in [-0.15, -0.1) is 0 Å². The predicted molar refractivity (Wildman–Crippen MR) is 123 cm³/mol. The summed E-state index contributed by atoms with van der Waals surface area (Å²) in [5.41, 5.74) is 9.44. The first-order valence-corrected chi connectivity index (χ1v) is 11.6. The van der Waals surface area contributed by atoms with Crippen molar-refractivity contribution in [1.29, 1.82) is 0 Å². The van der Waals surface area contributed by atoms with Crippen molar-refractivity contribution in [3.8, 4) is 28.5 Å². The van der Waals surface area contributed by atoms with Crippen molar-refractivity contribution >= 4 is 11.2 Å². The van der Waals surface area contributed by atoms with Crippen LogP contribution in [0, 0.1) is 23.7 Å². The zero-order valence-electron chi connectivity index (χ0n) is 19.2. The summed E-state index contributed by atoms with van der Waals surface area (Å²) < 4.78 is 16.4. The second-order valence-electron chi connectivity index (χ2n) is 9.70. The smallest absolute Gasteiger partial charge is 0.203 e. The van der Waals surface area contributed by atoms with Gasteiger partial charge in [0.25, 0.3) is 0 Å². The summed E-state index contributed by atoms with van der Waals surface area (Å²) in [5, 5.41) is 0. The third kappa shape index (κ3) is 3.22. The highest BCUT2D eigenvalue weighted by Gasteiger charge is 2.53. The van der Waals surface area contributed by atoms with Gasteiger partial charge < -0.3 is 19.9 Å². The Morgan fingerprint density at radius 1 is 0.848 bits per heavy atom. The van der Waals surface area contributed by atoms with Crippen molar-refractivity contribution in [2.24, 2.45) is 29.4 Å². The van der Waals surface area contributed by atoms with E-state index in [1.54, 1.807) is 27.5 Å². The van der Waals surface area contributed by atoms with Gasteiger partial charge in [0.15, 0.2) is 17.1 Å². The van der Waals surface area contributed by atoms with Crippen LogP contribution in [0.1, 0.15) is 37.4 Å². The number of benzene rings is 1. The van der Waals surface area contributed by atoms with Crippen LogP contribution >= 0.6 is 0 Å². The van der Waals surface area contributed by atoms with Crippen molar-refractivity contribution in [1.82, 2.24) is 19.9 Å². The molecule has 8 nitrogen and oxygen atoms in total. The molecule has 2 N–H and O–H groups in total. The highest BCUT2D eigenvalue weighted by molar-refractivity contribution is 5.75. The van der Waals surface area contributed by atoms with Gasteiger partial charge >= 0.3 is 0 Å². The Labute approximate surface area is 192 Å².